The SMILES string of the molecule is O=S(=O)(F)c1c[nH]c(C(F)(F)F)c1. The van der Waals surface area contributed by atoms with E-state index < -0.39 is 27.0 Å². The summed E-state index contributed by atoms with van der Waals surface area (Å²) in [5, 5.41) is 0. The van der Waals surface area contributed by atoms with E-state index >= 15 is 0 Å². The molecule has 1 heterocycles. The third kappa shape index (κ3) is 2.20. The molecule has 1 aromatic rings. The molecule has 0 aliphatic carbocycles. The standard InChI is InChI=1S/C5H3F4NO2S/c6-5(7,8)4-1-3(2-10-4)13(9,11)12/h1-2,10H. The van der Waals surface area contributed by atoms with Crippen molar-refractivity contribution >= 4 is 10.2 Å². The Morgan fingerprint density at radius 2 is 1.85 bits per heavy atom. The molecule has 3 nitrogen and oxygen atoms in total. The second kappa shape index (κ2) is 2.72. The monoisotopic (exact) mass is 217 g/mol. The molecule has 0 radical (unpaired) electrons. The van der Waals surface area contributed by atoms with Crippen LogP contribution < -0.4 is 0 Å². The van der Waals surface area contributed by atoms with Crippen LogP contribution in [0, 0.1) is 0 Å². The maximum atomic E-state index is 12.1. The van der Waals surface area contributed by atoms with Crippen molar-refractivity contribution in [2.75, 3.05) is 0 Å². The third-order valence-corrected chi connectivity index (χ3v) is 2.04. The summed E-state index contributed by atoms with van der Waals surface area (Å²) >= 11 is 0. The highest BCUT2D eigenvalue weighted by molar-refractivity contribution is 7.86. The predicted molar refractivity (Wildman–Crippen MR) is 34.1 cm³/mol. The van der Waals surface area contributed by atoms with Crippen molar-refractivity contribution in [1.29, 1.82) is 0 Å². The molecule has 0 unspecified atom stereocenters. The van der Waals surface area contributed by atoms with Crippen LogP contribution in [-0.2, 0) is 16.4 Å². The molecule has 0 aliphatic heterocycles. The van der Waals surface area contributed by atoms with Gasteiger partial charge in [0.1, 0.15) is 10.6 Å². The molecule has 0 spiro atoms. The fourth-order valence-corrected chi connectivity index (χ4v) is 1.14. The second-order valence-electron chi connectivity index (χ2n) is 2.18. The van der Waals surface area contributed by atoms with Crippen LogP contribution in [0.4, 0.5) is 17.1 Å². The van der Waals surface area contributed by atoms with Crippen LogP contribution in [0.3, 0.4) is 0 Å². The van der Waals surface area contributed by atoms with Crippen LogP contribution in [0.2, 0.25) is 0 Å². The van der Waals surface area contributed by atoms with Crippen LogP contribution in [-0.4, -0.2) is 13.4 Å². The minimum Gasteiger partial charge on any atom is -0.356 e. The first-order chi connectivity index (χ1) is 5.71. The summed E-state index contributed by atoms with van der Waals surface area (Å²) in [5.41, 5.74) is -1.30. The minimum absolute atomic E-state index is 0.190. The molecule has 0 amide bonds. The summed E-state index contributed by atoms with van der Waals surface area (Å²) in [5.74, 6) is 0. The van der Waals surface area contributed by atoms with Crippen molar-refractivity contribution in [1.82, 2.24) is 4.98 Å². The van der Waals surface area contributed by atoms with Crippen LogP contribution in [0.1, 0.15) is 5.69 Å². The van der Waals surface area contributed by atoms with Crippen molar-refractivity contribution in [3.63, 3.8) is 0 Å². The fourth-order valence-electron chi connectivity index (χ4n) is 0.679. The molecule has 1 rings (SSSR count). The van der Waals surface area contributed by atoms with Gasteiger partial charge in [0.25, 0.3) is 0 Å². The van der Waals surface area contributed by atoms with Gasteiger partial charge in [-0.15, -0.1) is 3.89 Å². The Bertz CT molecular complexity index is 404. The number of halogens is 4. The number of H-pyrrole nitrogens is 1. The summed E-state index contributed by atoms with van der Waals surface area (Å²) in [7, 11) is -5.07. The Morgan fingerprint density at radius 3 is 2.08 bits per heavy atom. The van der Waals surface area contributed by atoms with E-state index in [1.54, 1.807) is 4.98 Å². The van der Waals surface area contributed by atoms with E-state index in [-0.39, 0.29) is 6.07 Å². The van der Waals surface area contributed by atoms with E-state index in [4.69, 9.17) is 0 Å². The Balaban J connectivity index is 3.16. The number of aromatic amines is 1. The van der Waals surface area contributed by atoms with Crippen molar-refractivity contribution in [2.45, 2.75) is 11.1 Å². The maximum absolute atomic E-state index is 12.1. The molecule has 13 heavy (non-hydrogen) atoms. The van der Waals surface area contributed by atoms with E-state index in [1.165, 1.54) is 0 Å². The normalized spacial score (nSPS) is 13.2. The Hall–Kier alpha value is -1.05. The van der Waals surface area contributed by atoms with Crippen molar-refractivity contribution in [3.8, 4) is 0 Å². The van der Waals surface area contributed by atoms with Gasteiger partial charge < -0.3 is 4.98 Å². The van der Waals surface area contributed by atoms with E-state index in [0.717, 1.165) is 0 Å². The van der Waals surface area contributed by atoms with Gasteiger partial charge in [-0.2, -0.15) is 21.6 Å². The molecule has 0 fully saturated rings. The van der Waals surface area contributed by atoms with Gasteiger partial charge in [0.05, 0.1) is 0 Å². The van der Waals surface area contributed by atoms with Crippen LogP contribution in [0.5, 0.6) is 0 Å². The molecule has 8 heteroatoms. The fraction of sp³-hybridized carbons (Fsp3) is 0.200. The van der Waals surface area contributed by atoms with Gasteiger partial charge >= 0.3 is 16.4 Å². The largest absolute Gasteiger partial charge is 0.431 e. The Morgan fingerprint density at radius 1 is 1.31 bits per heavy atom. The average molecular weight is 217 g/mol. The highest BCUT2D eigenvalue weighted by Gasteiger charge is 2.33. The summed E-state index contributed by atoms with van der Waals surface area (Å²) in [6.07, 6.45) is -4.26. The minimum atomic E-state index is -5.07. The number of aromatic nitrogens is 1. The van der Waals surface area contributed by atoms with Gasteiger partial charge in [-0.05, 0) is 6.07 Å². The molecule has 0 bridgehead atoms. The van der Waals surface area contributed by atoms with Crippen molar-refractivity contribution in [3.05, 3.63) is 18.0 Å². The van der Waals surface area contributed by atoms with Crippen molar-refractivity contribution < 1.29 is 25.5 Å². The zero-order valence-corrected chi connectivity index (χ0v) is 6.71. The lowest BCUT2D eigenvalue weighted by Gasteiger charge is -2.00. The molecule has 74 valence electrons. The molecule has 1 aromatic heterocycles. The molecule has 0 aromatic carbocycles. The highest BCUT2D eigenvalue weighted by Crippen LogP contribution is 2.29. The smallest absolute Gasteiger partial charge is 0.356 e. The number of alkyl halides is 3. The van der Waals surface area contributed by atoms with Gasteiger partial charge in [0.2, 0.25) is 0 Å². The number of nitrogens with one attached hydrogen (secondary N) is 1. The first-order valence-corrected chi connectivity index (χ1v) is 4.30. The van der Waals surface area contributed by atoms with E-state index in [2.05, 4.69) is 0 Å². The van der Waals surface area contributed by atoms with E-state index in [0.29, 0.717) is 6.20 Å². The lowest BCUT2D eigenvalue weighted by Crippen LogP contribution is -2.04. The molecule has 0 atom stereocenters. The van der Waals surface area contributed by atoms with Crippen LogP contribution in [0.15, 0.2) is 17.2 Å². The summed E-state index contributed by atoms with van der Waals surface area (Å²) in [4.78, 5) is 0.580. The average Bonchev–Trinajstić information content (AvgIpc) is 2.28. The van der Waals surface area contributed by atoms with Gasteiger partial charge in [0.15, 0.2) is 0 Å². The quantitative estimate of drug-likeness (QED) is 0.574. The maximum Gasteiger partial charge on any atom is 0.431 e. The zero-order chi connectivity index (χ0) is 10.3. The predicted octanol–water partition coefficient (Wildman–Crippen LogP) is 1.69. The summed E-state index contributed by atoms with van der Waals surface area (Å²) in [6.45, 7) is 0. The van der Waals surface area contributed by atoms with Crippen molar-refractivity contribution in [2.24, 2.45) is 0 Å². The van der Waals surface area contributed by atoms with E-state index in [1.807, 2.05) is 0 Å². The van der Waals surface area contributed by atoms with Gasteiger partial charge in [0, 0.05) is 6.20 Å². The molecular weight excluding hydrogens is 214 g/mol. The first-order valence-electron chi connectivity index (χ1n) is 2.91. The van der Waals surface area contributed by atoms with Crippen LogP contribution >= 0.6 is 0 Å². The molecule has 0 saturated heterocycles. The molecule has 0 saturated carbocycles. The second-order valence-corrected chi connectivity index (χ2v) is 3.53. The third-order valence-electron chi connectivity index (χ3n) is 1.24. The summed E-state index contributed by atoms with van der Waals surface area (Å²) in [6, 6.07) is 0.190. The number of rotatable bonds is 1. The zero-order valence-electron chi connectivity index (χ0n) is 5.89. The highest BCUT2D eigenvalue weighted by atomic mass is 32.3. The molecule has 1 N–H and O–H groups in total. The Kier molecular flexibility index (Phi) is 2.10. The van der Waals surface area contributed by atoms with Crippen LogP contribution in [0.25, 0.3) is 0 Å². The van der Waals surface area contributed by atoms with Gasteiger partial charge in [-0.25, -0.2) is 0 Å². The van der Waals surface area contributed by atoms with E-state index in [9.17, 15) is 25.5 Å². The molecule has 0 aliphatic rings. The summed E-state index contributed by atoms with van der Waals surface area (Å²) < 4.78 is 67.9. The van der Waals surface area contributed by atoms with Gasteiger partial charge in [-0.3, -0.25) is 0 Å². The topological polar surface area (TPSA) is 49.9 Å². The number of hydrogen-bond acceptors (Lipinski definition) is 2. The molecular formula is C5H3F4NO2S. The Labute approximate surface area is 70.6 Å². The number of hydrogen-bond donors (Lipinski definition) is 1. The lowest BCUT2D eigenvalue weighted by atomic mass is 10.4. The van der Waals surface area contributed by atoms with Gasteiger partial charge in [-0.1, -0.05) is 0 Å². The first kappa shape index (κ1) is 10.0. The lowest BCUT2D eigenvalue weighted by molar-refractivity contribution is -0.140.